The maximum Gasteiger partial charge on any atom is 0.573 e. The molecule has 0 aliphatic rings. The summed E-state index contributed by atoms with van der Waals surface area (Å²) in [6, 6.07) is 21.9. The van der Waals surface area contributed by atoms with E-state index < -0.39 is 18.0 Å². The molecule has 198 valence electrons. The van der Waals surface area contributed by atoms with Crippen LogP contribution in [-0.4, -0.2) is 30.1 Å². The van der Waals surface area contributed by atoms with E-state index in [1.807, 2.05) is 73.1 Å². The second kappa shape index (κ2) is 11.8. The van der Waals surface area contributed by atoms with E-state index in [1.165, 1.54) is 12.1 Å². The molecule has 0 saturated carbocycles. The lowest BCUT2D eigenvalue weighted by Gasteiger charge is -2.21. The lowest BCUT2D eigenvalue weighted by atomic mass is 9.98. The first-order valence-corrected chi connectivity index (χ1v) is 12.1. The van der Waals surface area contributed by atoms with Crippen LogP contribution in [0.25, 0.3) is 0 Å². The van der Waals surface area contributed by atoms with Crippen LogP contribution >= 0.6 is 0 Å². The molecule has 0 radical (unpaired) electrons. The van der Waals surface area contributed by atoms with Crippen molar-refractivity contribution in [3.05, 3.63) is 108 Å². The predicted octanol–water partition coefficient (Wildman–Crippen LogP) is 7.07. The Bertz CT molecular complexity index is 1280. The largest absolute Gasteiger partial charge is 0.573 e. The minimum absolute atomic E-state index is 0.196. The summed E-state index contributed by atoms with van der Waals surface area (Å²) in [4.78, 5) is 12.7. The SMILES string of the molecule is CCOc1ccc(C(c2ccc(OCC)cc2)n2ccc(NC(=O)c3ccc(OC(F)(F)F)cc3)c2)cc1. The van der Waals surface area contributed by atoms with Crippen molar-refractivity contribution in [2.24, 2.45) is 0 Å². The fourth-order valence-electron chi connectivity index (χ4n) is 4.02. The van der Waals surface area contributed by atoms with Crippen molar-refractivity contribution in [1.82, 2.24) is 4.57 Å². The fourth-order valence-corrected chi connectivity index (χ4v) is 4.02. The summed E-state index contributed by atoms with van der Waals surface area (Å²) in [6.45, 7) is 4.99. The van der Waals surface area contributed by atoms with E-state index in [-0.39, 0.29) is 11.6 Å². The van der Waals surface area contributed by atoms with Crippen molar-refractivity contribution in [2.45, 2.75) is 26.3 Å². The van der Waals surface area contributed by atoms with Crippen LogP contribution in [0.5, 0.6) is 17.2 Å². The monoisotopic (exact) mass is 524 g/mol. The van der Waals surface area contributed by atoms with E-state index in [2.05, 4.69) is 10.1 Å². The number of rotatable bonds is 10. The van der Waals surface area contributed by atoms with Gasteiger partial charge in [0.05, 0.1) is 24.9 Å². The summed E-state index contributed by atoms with van der Waals surface area (Å²) in [5.74, 6) is 0.691. The Balaban J connectivity index is 1.56. The quantitative estimate of drug-likeness (QED) is 0.241. The number of amides is 1. The zero-order valence-corrected chi connectivity index (χ0v) is 20.9. The van der Waals surface area contributed by atoms with Gasteiger partial charge in [-0.1, -0.05) is 24.3 Å². The molecule has 0 atom stereocenters. The molecule has 4 rings (SSSR count). The minimum atomic E-state index is -4.80. The van der Waals surface area contributed by atoms with Crippen LogP contribution in [-0.2, 0) is 0 Å². The molecule has 0 aliphatic heterocycles. The first-order chi connectivity index (χ1) is 18.3. The Morgan fingerprint density at radius 2 is 1.29 bits per heavy atom. The second-order valence-electron chi connectivity index (χ2n) is 8.28. The molecule has 3 aromatic carbocycles. The van der Waals surface area contributed by atoms with Gasteiger partial charge in [0.2, 0.25) is 0 Å². The zero-order valence-electron chi connectivity index (χ0n) is 20.9. The number of aromatic nitrogens is 1. The normalized spacial score (nSPS) is 11.3. The van der Waals surface area contributed by atoms with Crippen LogP contribution in [0.3, 0.4) is 0 Å². The predicted molar refractivity (Wildman–Crippen MR) is 138 cm³/mol. The average Bonchev–Trinajstić information content (AvgIpc) is 3.34. The number of nitrogens with one attached hydrogen (secondary N) is 1. The van der Waals surface area contributed by atoms with Gasteiger partial charge in [-0.2, -0.15) is 0 Å². The maximum absolute atomic E-state index is 12.7. The Hall–Kier alpha value is -4.40. The van der Waals surface area contributed by atoms with Crippen LogP contribution in [0.15, 0.2) is 91.3 Å². The van der Waals surface area contributed by atoms with Gasteiger partial charge >= 0.3 is 6.36 Å². The highest BCUT2D eigenvalue weighted by Gasteiger charge is 2.31. The van der Waals surface area contributed by atoms with E-state index >= 15 is 0 Å². The summed E-state index contributed by atoms with van der Waals surface area (Å²) >= 11 is 0. The van der Waals surface area contributed by atoms with Crippen molar-refractivity contribution in [3.8, 4) is 17.2 Å². The molecule has 0 spiro atoms. The standard InChI is InChI=1S/C29H27F3N2O4/c1-3-36-24-11-5-20(6-12-24)27(21-7-13-25(14-8-21)37-4-2)34-18-17-23(19-34)33-28(35)22-9-15-26(16-10-22)38-29(30,31)32/h5-19,27H,3-4H2,1-2H3,(H,33,35). The maximum atomic E-state index is 12.7. The molecule has 0 aliphatic carbocycles. The molecule has 1 aromatic heterocycles. The lowest BCUT2D eigenvalue weighted by Crippen LogP contribution is -2.17. The van der Waals surface area contributed by atoms with Crippen LogP contribution in [0, 0.1) is 0 Å². The second-order valence-corrected chi connectivity index (χ2v) is 8.28. The van der Waals surface area contributed by atoms with Gasteiger partial charge in [-0.15, -0.1) is 13.2 Å². The summed E-state index contributed by atoms with van der Waals surface area (Å²) in [5, 5.41) is 2.79. The molecule has 0 bridgehead atoms. The molecule has 0 fully saturated rings. The number of ether oxygens (including phenoxy) is 3. The van der Waals surface area contributed by atoms with Gasteiger partial charge < -0.3 is 24.1 Å². The number of carbonyl (C=O) groups excluding carboxylic acids is 1. The van der Waals surface area contributed by atoms with E-state index in [4.69, 9.17) is 9.47 Å². The molecule has 6 nitrogen and oxygen atoms in total. The van der Waals surface area contributed by atoms with E-state index in [0.717, 1.165) is 34.8 Å². The molecule has 0 unspecified atom stereocenters. The van der Waals surface area contributed by atoms with Crippen molar-refractivity contribution in [1.29, 1.82) is 0 Å². The van der Waals surface area contributed by atoms with Gasteiger partial charge in [-0.05, 0) is 79.6 Å². The Kier molecular flexibility index (Phi) is 8.25. The lowest BCUT2D eigenvalue weighted by molar-refractivity contribution is -0.274. The minimum Gasteiger partial charge on any atom is -0.494 e. The molecule has 0 saturated heterocycles. The number of halogens is 3. The van der Waals surface area contributed by atoms with Gasteiger partial charge in [0.1, 0.15) is 17.2 Å². The van der Waals surface area contributed by atoms with E-state index in [1.54, 1.807) is 12.3 Å². The number of nitrogens with zero attached hydrogens (tertiary/aromatic N) is 1. The van der Waals surface area contributed by atoms with Crippen LogP contribution in [0.4, 0.5) is 18.9 Å². The molecule has 1 N–H and O–H groups in total. The third-order valence-electron chi connectivity index (χ3n) is 5.63. The number of carbonyl (C=O) groups is 1. The van der Waals surface area contributed by atoms with E-state index in [0.29, 0.717) is 18.9 Å². The molecule has 4 aromatic rings. The number of hydrogen-bond donors (Lipinski definition) is 1. The Morgan fingerprint density at radius 1 is 0.789 bits per heavy atom. The summed E-state index contributed by atoms with van der Waals surface area (Å²) < 4.78 is 54.2. The average molecular weight is 525 g/mol. The molecule has 1 amide bonds. The molecule has 38 heavy (non-hydrogen) atoms. The highest BCUT2D eigenvalue weighted by molar-refractivity contribution is 6.04. The zero-order chi connectivity index (χ0) is 27.1. The molecule has 9 heteroatoms. The number of hydrogen-bond acceptors (Lipinski definition) is 4. The van der Waals surface area contributed by atoms with Crippen molar-refractivity contribution >= 4 is 11.6 Å². The topological polar surface area (TPSA) is 61.7 Å². The third kappa shape index (κ3) is 6.88. The van der Waals surface area contributed by atoms with Crippen molar-refractivity contribution < 1.29 is 32.2 Å². The van der Waals surface area contributed by atoms with Gasteiger partial charge in [0, 0.05) is 18.0 Å². The number of anilines is 1. The van der Waals surface area contributed by atoms with Crippen LogP contribution in [0.1, 0.15) is 41.4 Å². The number of benzene rings is 3. The Morgan fingerprint density at radius 3 is 1.76 bits per heavy atom. The van der Waals surface area contributed by atoms with Gasteiger partial charge in [0.25, 0.3) is 5.91 Å². The van der Waals surface area contributed by atoms with Gasteiger partial charge in [-0.25, -0.2) is 0 Å². The van der Waals surface area contributed by atoms with Crippen LogP contribution < -0.4 is 19.5 Å². The summed E-state index contributed by atoms with van der Waals surface area (Å²) in [5.41, 5.74) is 2.74. The molecule has 1 heterocycles. The summed E-state index contributed by atoms with van der Waals surface area (Å²) in [7, 11) is 0. The Labute approximate surface area is 218 Å². The van der Waals surface area contributed by atoms with Crippen LogP contribution in [0.2, 0.25) is 0 Å². The first kappa shape index (κ1) is 26.7. The number of alkyl halides is 3. The van der Waals surface area contributed by atoms with E-state index in [9.17, 15) is 18.0 Å². The molecular weight excluding hydrogens is 497 g/mol. The fraction of sp³-hybridized carbons (Fsp3) is 0.207. The van der Waals surface area contributed by atoms with Gasteiger partial charge in [-0.3, -0.25) is 4.79 Å². The summed E-state index contributed by atoms with van der Waals surface area (Å²) in [6.07, 6.45) is -1.14. The third-order valence-corrected chi connectivity index (χ3v) is 5.63. The van der Waals surface area contributed by atoms with Gasteiger partial charge in [0.15, 0.2) is 0 Å². The highest BCUT2D eigenvalue weighted by atomic mass is 19.4. The van der Waals surface area contributed by atoms with Crippen molar-refractivity contribution in [3.63, 3.8) is 0 Å². The van der Waals surface area contributed by atoms with Crippen molar-refractivity contribution in [2.75, 3.05) is 18.5 Å². The highest BCUT2D eigenvalue weighted by Crippen LogP contribution is 2.31. The smallest absolute Gasteiger partial charge is 0.494 e. The first-order valence-electron chi connectivity index (χ1n) is 12.1. The molecular formula is C29H27F3N2O4.